The first kappa shape index (κ1) is 108. The van der Waals surface area contributed by atoms with Gasteiger partial charge >= 0.3 is 59.7 Å². The second-order valence-corrected chi connectivity index (χ2v) is 25.4. The summed E-state index contributed by atoms with van der Waals surface area (Å²) in [6.07, 6.45) is 1.82. The fourth-order valence-electron chi connectivity index (χ4n) is 8.15. The molecule has 0 bridgehead atoms. The van der Waals surface area contributed by atoms with Crippen molar-refractivity contribution >= 4 is 66.2 Å². The summed E-state index contributed by atoms with van der Waals surface area (Å²) in [6.45, 7) is 30.8. The number of carbonyl (C=O) groups excluding carboxylic acids is 11. The lowest BCUT2D eigenvalue weighted by atomic mass is 10.4. The van der Waals surface area contributed by atoms with Crippen molar-refractivity contribution in [2.45, 2.75) is 200 Å². The first-order valence-electron chi connectivity index (χ1n) is 38.5. The number of methoxy groups -OCH3 is 4. The first-order chi connectivity index (χ1) is 58.7. The van der Waals surface area contributed by atoms with Gasteiger partial charge in [0.05, 0.1) is 58.5 Å². The number of aryl methyl sites for hydroxylation is 1. The predicted molar refractivity (Wildman–Crippen MR) is 430 cm³/mol. The lowest BCUT2D eigenvalue weighted by Gasteiger charge is -2.05. The topological polar surface area (TPSA) is 485 Å². The van der Waals surface area contributed by atoms with Gasteiger partial charge in [0.2, 0.25) is 51.8 Å². The Morgan fingerprint density at radius 2 is 0.561 bits per heavy atom. The van der Waals surface area contributed by atoms with Crippen LogP contribution in [0.5, 0.6) is 0 Å². The van der Waals surface area contributed by atoms with Crippen molar-refractivity contribution in [1.29, 1.82) is 0 Å². The highest BCUT2D eigenvalue weighted by atomic mass is 16.6. The second-order valence-electron chi connectivity index (χ2n) is 25.4. The summed E-state index contributed by atoms with van der Waals surface area (Å²) in [4.78, 5) is 121. The summed E-state index contributed by atoms with van der Waals surface area (Å²) in [6, 6.07) is 28.6. The number of aliphatic hydroxyl groups excluding tert-OH is 2. The number of ether oxygens (including phenoxy) is 15. The van der Waals surface area contributed by atoms with E-state index in [1.807, 2.05) is 34.6 Å². The number of hydrogen-bond donors (Lipinski definition) is 2. The Morgan fingerprint density at radius 1 is 0.317 bits per heavy atom. The number of furan rings is 9. The van der Waals surface area contributed by atoms with E-state index in [9.17, 15) is 52.7 Å². The van der Waals surface area contributed by atoms with Gasteiger partial charge < -0.3 is 121 Å². The molecular weight excluding hydrogens is 1620 g/mol. The molecule has 37 nitrogen and oxygen atoms in total. The van der Waals surface area contributed by atoms with Crippen LogP contribution in [0.1, 0.15) is 263 Å². The normalized spacial score (nSPS) is 10.2. The summed E-state index contributed by atoms with van der Waals surface area (Å²) < 4.78 is 118. The summed E-state index contributed by atoms with van der Waals surface area (Å²) in [7, 11) is 5.65. The van der Waals surface area contributed by atoms with Crippen LogP contribution in [-0.4, -0.2) is 162 Å². The van der Waals surface area contributed by atoms with Crippen molar-refractivity contribution in [3.63, 3.8) is 0 Å². The number of carbonyl (C=O) groups is 11. The third-order valence-corrected chi connectivity index (χ3v) is 13.4. The quantitative estimate of drug-likeness (QED) is 0.0209. The Hall–Kier alpha value is -12.6. The minimum Gasteiger partial charge on any atom is -0.463 e. The van der Waals surface area contributed by atoms with Crippen LogP contribution in [0.25, 0.3) is 0 Å². The molecule has 9 aromatic heterocycles. The van der Waals surface area contributed by atoms with Crippen molar-refractivity contribution in [2.24, 2.45) is 0 Å². The molecule has 0 amide bonds. The van der Waals surface area contributed by atoms with Gasteiger partial charge in [0.1, 0.15) is 105 Å². The van der Waals surface area contributed by atoms with Gasteiger partial charge in [-0.25, -0.2) is 43.2 Å². The molecule has 0 saturated heterocycles. The molecular formula is C86H114O37. The minimum absolute atomic E-state index is 0.0144. The highest BCUT2D eigenvalue weighted by Gasteiger charge is 2.20. The molecule has 0 spiro atoms. The van der Waals surface area contributed by atoms with Crippen LogP contribution in [0.15, 0.2) is 149 Å². The van der Waals surface area contributed by atoms with E-state index in [1.54, 1.807) is 149 Å². The van der Waals surface area contributed by atoms with Gasteiger partial charge in [-0.1, -0.05) is 20.8 Å². The highest BCUT2D eigenvalue weighted by Crippen LogP contribution is 2.18. The van der Waals surface area contributed by atoms with Gasteiger partial charge in [-0.3, -0.25) is 9.59 Å². The molecule has 9 heterocycles. The van der Waals surface area contributed by atoms with E-state index in [0.717, 1.165) is 19.3 Å². The van der Waals surface area contributed by atoms with Gasteiger partial charge in [-0.05, 0) is 205 Å². The number of aliphatic hydroxyl groups is 2. The van der Waals surface area contributed by atoms with Crippen LogP contribution < -0.4 is 0 Å². The maximum Gasteiger partial charge on any atom is 0.374 e. The summed E-state index contributed by atoms with van der Waals surface area (Å²) in [5, 5.41) is 17.3. The number of esters is 10. The average molecular weight is 1740 g/mol. The predicted octanol–water partition coefficient (Wildman–Crippen LogP) is 15.4. The molecule has 680 valence electrons. The smallest absolute Gasteiger partial charge is 0.374 e. The van der Waals surface area contributed by atoms with Crippen molar-refractivity contribution in [2.75, 3.05) is 61.5 Å². The van der Waals surface area contributed by atoms with Crippen LogP contribution in [0.3, 0.4) is 0 Å². The Balaban J connectivity index is 0.000000692. The van der Waals surface area contributed by atoms with E-state index in [4.69, 9.17) is 102 Å². The first-order valence-corrected chi connectivity index (χ1v) is 38.5. The lowest BCUT2D eigenvalue weighted by Crippen LogP contribution is -2.10. The van der Waals surface area contributed by atoms with Gasteiger partial charge in [0.15, 0.2) is 0 Å². The fraction of sp³-hybridized carbons (Fsp3) is 0.453. The zero-order valence-corrected chi connectivity index (χ0v) is 72.8. The van der Waals surface area contributed by atoms with E-state index >= 15 is 0 Å². The molecule has 2 N–H and O–H groups in total. The molecule has 123 heavy (non-hydrogen) atoms. The third kappa shape index (κ3) is 47.3. The largest absolute Gasteiger partial charge is 0.463 e. The molecule has 0 aliphatic rings. The van der Waals surface area contributed by atoms with Crippen molar-refractivity contribution in [3.05, 3.63) is 213 Å². The lowest BCUT2D eigenvalue weighted by molar-refractivity contribution is -0.142. The average Bonchev–Trinajstić information content (AvgIpc) is 1.78. The maximum absolute atomic E-state index is 11.4. The molecule has 0 radical (unpaired) electrons. The molecule has 9 rings (SSSR count). The number of hydrogen-bond acceptors (Lipinski definition) is 37. The van der Waals surface area contributed by atoms with Crippen LogP contribution >= 0.6 is 0 Å². The van der Waals surface area contributed by atoms with Gasteiger partial charge in [0, 0.05) is 34.4 Å². The SMILES string of the molecule is CC(C)OC(=O)c1ccc(CO)o1.CCCOC(=O)c1ccc(CO)o1.CCCOC(=O)c1ccc(COC)o1.CCCOC(=O)c1ccc(COCC)o1.CCOCc1ccc(C(=O)OC(C)C)o1.COC(=O)c1ccc(COC(C)=O)o1.COC(=O)c1ccc(COC=O)o1.COCc1ccc(C(=O)OC(C)C)o1.Cc1ccc(C(=O)OC(C)C)o1. The Bertz CT molecular complexity index is 4450. The van der Waals surface area contributed by atoms with Crippen LogP contribution in [-0.2, 0) is 133 Å². The molecule has 9 aromatic rings. The van der Waals surface area contributed by atoms with Gasteiger partial charge in [0.25, 0.3) is 6.47 Å². The van der Waals surface area contributed by atoms with Gasteiger partial charge in [-0.2, -0.15) is 0 Å². The van der Waals surface area contributed by atoms with E-state index in [1.165, 1.54) is 57.5 Å². The van der Waals surface area contributed by atoms with Crippen molar-refractivity contribution < 1.29 is 174 Å². The Morgan fingerprint density at radius 3 is 0.789 bits per heavy atom. The molecule has 0 fully saturated rings. The van der Waals surface area contributed by atoms with Crippen LogP contribution in [0.2, 0.25) is 0 Å². The zero-order chi connectivity index (χ0) is 92.2. The Kier molecular flexibility index (Phi) is 55.9. The summed E-state index contributed by atoms with van der Waals surface area (Å²) >= 11 is 0. The monoisotopic (exact) mass is 1740 g/mol. The standard InChI is InChI=1S/2C11H16O4.2C10H14O4.C9H10O5.2C9H12O4.C9H12O3.C8H8O5/c1-4-13-7-9-5-6-10(15-9)11(12)14-8(2)3;1-3-7-14-11(12)10-6-5-9(15-10)8-13-4-2;1-7(2)13-10(11)9-5-4-8(14-9)6-12-3;1-3-6-13-10(11)9-5-4-8(14-9)7-12-2;1-6(10)13-5-7-3-4-8(14-7)9(11)12-2;1-6(2)12-9(11)8-4-3-7(5-10)13-8;1-2-5-12-9(11)8-4-3-7(6-10)13-8;1-6(2)11-9(10)8-5-4-7(3)12-8;1-11-8(10)7-3-2-6(13-7)4-12-5-9/h5-6,8H,4,7H2,1-3H3;5-6H,3-4,7-8H2,1-2H3;4-5,7H,6H2,1-3H3;4-5H,3,6-7H2,1-2H3;3-4H,5H2,1-2H3;3-4,6,10H,5H2,1-2H3;3-4,10H,2,5-6H2,1H3;4-6H,1-3H3;2-3,5H,4H2,1H3. The molecule has 0 saturated carbocycles. The van der Waals surface area contributed by atoms with E-state index in [-0.39, 0.29) is 103 Å². The van der Waals surface area contributed by atoms with E-state index < -0.39 is 59.7 Å². The summed E-state index contributed by atoms with van der Waals surface area (Å²) in [5.41, 5.74) is 0. The summed E-state index contributed by atoms with van der Waals surface area (Å²) in [5.74, 6) is 1.71. The molecule has 0 unspecified atom stereocenters. The number of rotatable bonds is 36. The molecule has 0 atom stereocenters. The van der Waals surface area contributed by atoms with Gasteiger partial charge in [-0.15, -0.1) is 0 Å². The zero-order valence-electron chi connectivity index (χ0n) is 72.8. The Labute approximate surface area is 711 Å². The molecule has 0 aliphatic carbocycles. The highest BCUT2D eigenvalue weighted by molar-refractivity contribution is 5.90. The fourth-order valence-corrected chi connectivity index (χ4v) is 8.15. The maximum atomic E-state index is 11.4. The van der Waals surface area contributed by atoms with Crippen LogP contribution in [0, 0.1) is 6.92 Å². The molecule has 37 heteroatoms. The molecule has 0 aliphatic heterocycles. The van der Waals surface area contributed by atoms with Crippen molar-refractivity contribution in [3.8, 4) is 0 Å². The minimum atomic E-state index is -0.558. The molecule has 0 aromatic carbocycles. The van der Waals surface area contributed by atoms with E-state index in [2.05, 4.69) is 18.9 Å². The van der Waals surface area contributed by atoms with Crippen molar-refractivity contribution in [1.82, 2.24) is 0 Å². The van der Waals surface area contributed by atoms with E-state index in [0.29, 0.717) is 118 Å². The second kappa shape index (κ2) is 63.4. The van der Waals surface area contributed by atoms with Crippen LogP contribution in [0.4, 0.5) is 0 Å². The third-order valence-electron chi connectivity index (χ3n) is 13.4.